The molecule has 4 heteroatoms. The number of thiophene rings is 1. The predicted octanol–water partition coefficient (Wildman–Crippen LogP) is 3.85. The molecule has 1 rings (SSSR count). The highest BCUT2D eigenvalue weighted by molar-refractivity contribution is 9.11. The van der Waals surface area contributed by atoms with Gasteiger partial charge in [-0.05, 0) is 54.4 Å². The lowest BCUT2D eigenvalue weighted by molar-refractivity contribution is -0.0452. The molecule has 0 radical (unpaired) electrons. The van der Waals surface area contributed by atoms with Crippen molar-refractivity contribution in [2.24, 2.45) is 0 Å². The molecule has 0 bridgehead atoms. The number of hydrogen-bond acceptors (Lipinski definition) is 3. The summed E-state index contributed by atoms with van der Waals surface area (Å²) in [6, 6.07) is 4.65. The molecule has 1 atom stereocenters. The minimum Gasteiger partial charge on any atom is -0.377 e. The van der Waals surface area contributed by atoms with Crippen LogP contribution in [0.3, 0.4) is 0 Å². The molecule has 17 heavy (non-hydrogen) atoms. The van der Waals surface area contributed by atoms with Crippen LogP contribution >= 0.6 is 27.3 Å². The fourth-order valence-electron chi connectivity index (χ4n) is 2.39. The van der Waals surface area contributed by atoms with E-state index in [1.807, 2.05) is 14.2 Å². The molecule has 0 spiro atoms. The summed E-state index contributed by atoms with van der Waals surface area (Å²) in [7, 11) is 3.84. The van der Waals surface area contributed by atoms with E-state index in [0.29, 0.717) is 6.04 Å². The minimum atomic E-state index is -0.0643. The molecule has 0 fully saturated rings. The van der Waals surface area contributed by atoms with Gasteiger partial charge in [-0.15, -0.1) is 11.3 Å². The van der Waals surface area contributed by atoms with E-state index in [1.165, 1.54) is 8.66 Å². The number of likely N-dealkylation sites (N-methyl/N-ethyl adjacent to an activating group) is 1. The molecule has 0 saturated carbocycles. The van der Waals surface area contributed by atoms with Gasteiger partial charge >= 0.3 is 0 Å². The summed E-state index contributed by atoms with van der Waals surface area (Å²) in [5, 5.41) is 3.42. The Morgan fingerprint density at radius 3 is 2.41 bits per heavy atom. The van der Waals surface area contributed by atoms with Crippen LogP contribution in [0.4, 0.5) is 0 Å². The molecule has 1 aromatic heterocycles. The number of rotatable bonds is 7. The van der Waals surface area contributed by atoms with Gasteiger partial charge in [0.05, 0.1) is 9.39 Å². The molecule has 1 aromatic rings. The summed E-state index contributed by atoms with van der Waals surface area (Å²) in [4.78, 5) is 1.39. The van der Waals surface area contributed by atoms with Crippen LogP contribution in [0.15, 0.2) is 15.9 Å². The maximum atomic E-state index is 5.80. The third-order valence-electron chi connectivity index (χ3n) is 3.62. The summed E-state index contributed by atoms with van der Waals surface area (Å²) in [6.07, 6.45) is 3.07. The first-order valence-electron chi connectivity index (χ1n) is 6.08. The van der Waals surface area contributed by atoms with Crippen LogP contribution in [-0.4, -0.2) is 25.8 Å². The lowest BCUT2D eigenvalue weighted by Crippen LogP contribution is -2.51. The van der Waals surface area contributed by atoms with Gasteiger partial charge in [-0.3, -0.25) is 0 Å². The Morgan fingerprint density at radius 1 is 1.41 bits per heavy atom. The molecule has 0 amide bonds. The highest BCUT2D eigenvalue weighted by atomic mass is 79.9. The van der Waals surface area contributed by atoms with Gasteiger partial charge in [0.2, 0.25) is 0 Å². The Kier molecular flexibility index (Phi) is 6.13. The summed E-state index contributed by atoms with van der Waals surface area (Å²) < 4.78 is 6.99. The van der Waals surface area contributed by atoms with E-state index in [2.05, 4.69) is 47.2 Å². The topological polar surface area (TPSA) is 21.3 Å². The fraction of sp³-hybridized carbons (Fsp3) is 0.692. The second-order valence-electron chi connectivity index (χ2n) is 4.23. The standard InChI is InChI=1S/C13H22BrNOS/c1-5-13(6-2,16-4)11(15-3)9-10-7-8-12(14)17-10/h7-8,11,15H,5-6,9H2,1-4H3. The molecule has 0 saturated heterocycles. The molecular formula is C13H22BrNOS. The Labute approximate surface area is 117 Å². The van der Waals surface area contributed by atoms with Crippen molar-refractivity contribution in [3.05, 3.63) is 20.8 Å². The summed E-state index contributed by atoms with van der Waals surface area (Å²) in [5.41, 5.74) is -0.0643. The van der Waals surface area contributed by atoms with Crippen LogP contribution in [0.25, 0.3) is 0 Å². The minimum absolute atomic E-state index is 0.0643. The molecule has 1 N–H and O–H groups in total. The van der Waals surface area contributed by atoms with E-state index in [-0.39, 0.29) is 5.60 Å². The molecular weight excluding hydrogens is 298 g/mol. The maximum absolute atomic E-state index is 5.80. The Bertz CT molecular complexity index is 328. The largest absolute Gasteiger partial charge is 0.377 e. The van der Waals surface area contributed by atoms with Gasteiger partial charge in [0.25, 0.3) is 0 Å². The second-order valence-corrected chi connectivity index (χ2v) is 6.77. The molecule has 1 heterocycles. The summed E-state index contributed by atoms with van der Waals surface area (Å²) in [5.74, 6) is 0. The third-order valence-corrected chi connectivity index (χ3v) is 5.27. The first-order valence-corrected chi connectivity index (χ1v) is 7.69. The smallest absolute Gasteiger partial charge is 0.0829 e. The average molecular weight is 320 g/mol. The Morgan fingerprint density at radius 2 is 2.06 bits per heavy atom. The third kappa shape index (κ3) is 3.53. The molecule has 0 aliphatic carbocycles. The van der Waals surface area contributed by atoms with Crippen molar-refractivity contribution < 1.29 is 4.74 Å². The van der Waals surface area contributed by atoms with E-state index in [0.717, 1.165) is 19.3 Å². The number of hydrogen-bond donors (Lipinski definition) is 1. The zero-order chi connectivity index (χ0) is 12.9. The summed E-state index contributed by atoms with van der Waals surface area (Å²) >= 11 is 5.31. The predicted molar refractivity (Wildman–Crippen MR) is 78.9 cm³/mol. The van der Waals surface area contributed by atoms with Crippen LogP contribution in [0, 0.1) is 0 Å². The Hall–Kier alpha value is 0.1000. The molecule has 2 nitrogen and oxygen atoms in total. The lowest BCUT2D eigenvalue weighted by Gasteiger charge is -2.38. The van der Waals surface area contributed by atoms with Gasteiger partial charge in [0.15, 0.2) is 0 Å². The monoisotopic (exact) mass is 319 g/mol. The van der Waals surface area contributed by atoms with Gasteiger partial charge in [-0.25, -0.2) is 0 Å². The first-order chi connectivity index (χ1) is 8.11. The number of nitrogens with one attached hydrogen (secondary N) is 1. The van der Waals surface area contributed by atoms with Crippen LogP contribution in [0.2, 0.25) is 0 Å². The molecule has 0 aromatic carbocycles. The molecule has 0 aliphatic heterocycles. The van der Waals surface area contributed by atoms with Crippen LogP contribution in [-0.2, 0) is 11.2 Å². The van der Waals surface area contributed by atoms with Gasteiger partial charge < -0.3 is 10.1 Å². The van der Waals surface area contributed by atoms with Gasteiger partial charge in [0, 0.05) is 18.0 Å². The van der Waals surface area contributed by atoms with E-state index in [9.17, 15) is 0 Å². The van der Waals surface area contributed by atoms with Crippen molar-refractivity contribution in [3.8, 4) is 0 Å². The first kappa shape index (κ1) is 15.2. The number of ether oxygens (including phenoxy) is 1. The van der Waals surface area contributed by atoms with E-state index >= 15 is 0 Å². The maximum Gasteiger partial charge on any atom is 0.0829 e. The van der Waals surface area contributed by atoms with E-state index in [1.54, 1.807) is 11.3 Å². The van der Waals surface area contributed by atoms with Crippen molar-refractivity contribution in [1.29, 1.82) is 0 Å². The SMILES string of the molecule is CCC(CC)(OC)C(Cc1ccc(Br)s1)NC. The molecule has 1 unspecified atom stereocenters. The van der Waals surface area contributed by atoms with Crippen molar-refractivity contribution in [1.82, 2.24) is 5.32 Å². The zero-order valence-electron chi connectivity index (χ0n) is 11.0. The number of methoxy groups -OCH3 is 1. The zero-order valence-corrected chi connectivity index (χ0v) is 13.5. The van der Waals surface area contributed by atoms with Gasteiger partial charge in [-0.1, -0.05) is 13.8 Å². The molecule has 98 valence electrons. The quantitative estimate of drug-likeness (QED) is 0.824. The summed E-state index contributed by atoms with van der Waals surface area (Å²) in [6.45, 7) is 4.39. The van der Waals surface area contributed by atoms with Crippen molar-refractivity contribution in [3.63, 3.8) is 0 Å². The van der Waals surface area contributed by atoms with E-state index < -0.39 is 0 Å². The van der Waals surface area contributed by atoms with E-state index in [4.69, 9.17) is 4.74 Å². The van der Waals surface area contributed by atoms with Crippen LogP contribution < -0.4 is 5.32 Å². The normalized spacial score (nSPS) is 13.9. The van der Waals surface area contributed by atoms with Crippen LogP contribution in [0.1, 0.15) is 31.6 Å². The van der Waals surface area contributed by atoms with Gasteiger partial charge in [0.1, 0.15) is 0 Å². The van der Waals surface area contributed by atoms with Crippen LogP contribution in [0.5, 0.6) is 0 Å². The molecule has 0 aliphatic rings. The Balaban J connectivity index is 2.82. The number of halogens is 1. The fourth-order valence-corrected chi connectivity index (χ4v) is 3.92. The van der Waals surface area contributed by atoms with Gasteiger partial charge in [-0.2, -0.15) is 0 Å². The van der Waals surface area contributed by atoms with Crippen molar-refractivity contribution >= 4 is 27.3 Å². The average Bonchev–Trinajstić information content (AvgIpc) is 2.76. The highest BCUT2D eigenvalue weighted by Crippen LogP contribution is 2.29. The highest BCUT2D eigenvalue weighted by Gasteiger charge is 2.34. The van der Waals surface area contributed by atoms with Crippen molar-refractivity contribution in [2.45, 2.75) is 44.8 Å². The second kappa shape index (κ2) is 6.88. The van der Waals surface area contributed by atoms with Crippen molar-refractivity contribution in [2.75, 3.05) is 14.2 Å². The lowest BCUT2D eigenvalue weighted by atomic mass is 9.86.